The van der Waals surface area contributed by atoms with Crippen LogP contribution >= 0.6 is 18.5 Å². The van der Waals surface area contributed by atoms with E-state index in [-0.39, 0.29) is 0 Å². The monoisotopic (exact) mass is 638 g/mol. The molecule has 8 aliphatic rings. The Morgan fingerprint density at radius 3 is 1.25 bits per heavy atom. The minimum atomic E-state index is -0.721. The molecule has 2 aromatic carbocycles. The molecule has 238 valence electrons. The van der Waals surface area contributed by atoms with Gasteiger partial charge in [-0.2, -0.15) is 0 Å². The van der Waals surface area contributed by atoms with Crippen molar-refractivity contribution in [2.45, 2.75) is 137 Å². The summed E-state index contributed by atoms with van der Waals surface area (Å²) in [7, 11) is 6.21. The first kappa shape index (κ1) is 30.4. The number of rotatable bonds is 5. The Morgan fingerprint density at radius 2 is 0.864 bits per heavy atom. The SMILES string of the molecule is CC12CC3(C)OC(C)(CC(C)(O1)C3(CP)c1ccc(-c3ccccc3)cc1C1(CP)C3(C)CC4(C)OC(C)(CC1(C)O4)O3)O2. The Morgan fingerprint density at radius 1 is 0.477 bits per heavy atom. The molecule has 0 aromatic heterocycles. The summed E-state index contributed by atoms with van der Waals surface area (Å²) in [5.74, 6) is -2.87. The zero-order valence-corrected chi connectivity index (χ0v) is 29.8. The second-order valence-corrected chi connectivity index (χ2v) is 16.9. The van der Waals surface area contributed by atoms with E-state index in [1.807, 2.05) is 0 Å². The maximum Gasteiger partial charge on any atom is 0.172 e. The molecular formula is C36H48O6P2. The summed E-state index contributed by atoms with van der Waals surface area (Å²) >= 11 is 0. The smallest absolute Gasteiger partial charge is 0.172 e. The molecule has 0 saturated carbocycles. The Kier molecular flexibility index (Phi) is 5.91. The molecule has 8 heteroatoms. The number of ether oxygens (including phenoxy) is 6. The highest BCUT2D eigenvalue weighted by molar-refractivity contribution is 7.16. The van der Waals surface area contributed by atoms with Gasteiger partial charge in [0.2, 0.25) is 0 Å². The van der Waals surface area contributed by atoms with Crippen molar-refractivity contribution in [2.24, 2.45) is 0 Å². The van der Waals surface area contributed by atoms with Gasteiger partial charge in [-0.05, 0) is 90.0 Å². The molecule has 8 aliphatic heterocycles. The fourth-order valence-electron chi connectivity index (χ4n) is 12.2. The van der Waals surface area contributed by atoms with Gasteiger partial charge < -0.3 is 28.4 Å². The van der Waals surface area contributed by atoms with Crippen LogP contribution in [-0.4, -0.2) is 57.9 Å². The van der Waals surface area contributed by atoms with E-state index in [2.05, 4.69) is 122 Å². The van der Waals surface area contributed by atoms with Gasteiger partial charge in [0.05, 0.1) is 33.2 Å². The first-order valence-corrected chi connectivity index (χ1v) is 17.8. The van der Waals surface area contributed by atoms with Crippen molar-refractivity contribution < 1.29 is 28.4 Å². The molecule has 8 fully saturated rings. The van der Waals surface area contributed by atoms with Gasteiger partial charge in [-0.1, -0.05) is 48.5 Å². The van der Waals surface area contributed by atoms with Gasteiger partial charge in [-0.15, -0.1) is 18.5 Å². The second-order valence-electron chi connectivity index (χ2n) is 16.1. The lowest BCUT2D eigenvalue weighted by Gasteiger charge is -2.77. The van der Waals surface area contributed by atoms with E-state index in [4.69, 9.17) is 28.4 Å². The number of hydrogen-bond acceptors (Lipinski definition) is 6. The van der Waals surface area contributed by atoms with Crippen LogP contribution in [0.25, 0.3) is 11.1 Å². The fraction of sp³-hybridized carbons (Fsp3) is 0.667. The Bertz CT molecular complexity index is 1470. The first-order chi connectivity index (χ1) is 20.4. The predicted octanol–water partition coefficient (Wildman–Crippen LogP) is 7.22. The zero-order chi connectivity index (χ0) is 31.5. The lowest BCUT2D eigenvalue weighted by molar-refractivity contribution is -0.534. The largest absolute Gasteiger partial charge is 0.343 e. The molecule has 10 atom stereocenters. The minimum Gasteiger partial charge on any atom is -0.343 e. The standard InChI is InChI=1S/C36H48O6P2/c1-27-17-31(5)38-28(2,18-32(6,37-27)41-31)35(27,21-43)25-15-14-24(23-12-10-9-11-13-23)16-26(25)36(22-44)29(3)19-33(7)40-30(36,4)20-34(8,39-29)42-33/h9-16H,17-22,43-44H2,1-8H3. The summed E-state index contributed by atoms with van der Waals surface area (Å²) in [6.07, 6.45) is 4.07. The fourth-order valence-corrected chi connectivity index (χ4v) is 14.3. The summed E-state index contributed by atoms with van der Waals surface area (Å²) in [4.78, 5) is 0. The van der Waals surface area contributed by atoms with E-state index >= 15 is 0 Å². The van der Waals surface area contributed by atoms with Crippen molar-refractivity contribution in [3.05, 3.63) is 59.7 Å². The topological polar surface area (TPSA) is 55.4 Å². The van der Waals surface area contributed by atoms with Gasteiger partial charge in [0, 0.05) is 25.7 Å². The molecule has 0 N–H and O–H groups in total. The van der Waals surface area contributed by atoms with E-state index in [1.165, 1.54) is 22.3 Å². The van der Waals surface area contributed by atoms with E-state index in [1.54, 1.807) is 0 Å². The molecule has 8 heterocycles. The number of hydrogen-bond donors (Lipinski definition) is 0. The molecule has 0 radical (unpaired) electrons. The van der Waals surface area contributed by atoms with Gasteiger partial charge >= 0.3 is 0 Å². The molecule has 44 heavy (non-hydrogen) atoms. The van der Waals surface area contributed by atoms with Gasteiger partial charge in [-0.25, -0.2) is 0 Å². The predicted molar refractivity (Wildman–Crippen MR) is 177 cm³/mol. The summed E-state index contributed by atoms with van der Waals surface area (Å²) in [6, 6.07) is 17.8. The van der Waals surface area contributed by atoms with Crippen LogP contribution in [0.1, 0.15) is 92.2 Å². The lowest BCUT2D eigenvalue weighted by atomic mass is 9.46. The number of benzene rings is 2. The average Bonchev–Trinajstić information content (AvgIpc) is 2.85. The van der Waals surface area contributed by atoms with E-state index in [0.29, 0.717) is 25.7 Å². The van der Waals surface area contributed by atoms with Gasteiger partial charge in [0.15, 0.2) is 23.1 Å². The third kappa shape index (κ3) is 3.46. The molecule has 8 saturated heterocycles. The van der Waals surface area contributed by atoms with Crippen molar-refractivity contribution in [1.82, 2.24) is 0 Å². The molecule has 6 nitrogen and oxygen atoms in total. The molecule has 0 spiro atoms. The minimum absolute atomic E-state index is 0.503. The highest BCUT2D eigenvalue weighted by atomic mass is 31.0. The van der Waals surface area contributed by atoms with Crippen LogP contribution in [0, 0.1) is 0 Å². The Hall–Kier alpha value is -0.940. The van der Waals surface area contributed by atoms with Crippen molar-refractivity contribution in [3.8, 4) is 11.1 Å². The molecule has 10 rings (SSSR count). The van der Waals surface area contributed by atoms with Gasteiger partial charge in [-0.3, -0.25) is 0 Å². The molecule has 2 aromatic rings. The van der Waals surface area contributed by atoms with Crippen LogP contribution < -0.4 is 0 Å². The van der Waals surface area contributed by atoms with E-state index < -0.39 is 56.4 Å². The normalized spacial score (nSPS) is 53.4. The maximum absolute atomic E-state index is 7.14. The Labute approximate surface area is 267 Å². The zero-order valence-electron chi connectivity index (χ0n) is 27.5. The summed E-state index contributed by atoms with van der Waals surface area (Å²) in [6.45, 7) is 17.5. The third-order valence-electron chi connectivity index (χ3n) is 12.5. The van der Waals surface area contributed by atoms with Crippen LogP contribution in [0.15, 0.2) is 48.5 Å². The van der Waals surface area contributed by atoms with Crippen molar-refractivity contribution in [1.29, 1.82) is 0 Å². The average molecular weight is 639 g/mol. The molecule has 8 bridgehead atoms. The second kappa shape index (κ2) is 8.55. The quantitative estimate of drug-likeness (QED) is 0.323. The highest BCUT2D eigenvalue weighted by Crippen LogP contribution is 2.72. The summed E-state index contributed by atoms with van der Waals surface area (Å²) < 4.78 is 41.5. The molecule has 0 aliphatic carbocycles. The van der Waals surface area contributed by atoms with Crippen LogP contribution in [0.3, 0.4) is 0 Å². The van der Waals surface area contributed by atoms with E-state index in [9.17, 15) is 0 Å². The van der Waals surface area contributed by atoms with E-state index in [0.717, 1.165) is 12.3 Å². The first-order valence-electron chi connectivity index (χ1n) is 16.2. The molecule has 10 unspecified atom stereocenters. The van der Waals surface area contributed by atoms with Gasteiger partial charge in [0.1, 0.15) is 0 Å². The molecular weight excluding hydrogens is 590 g/mol. The summed E-state index contributed by atoms with van der Waals surface area (Å²) in [5, 5.41) is 0. The van der Waals surface area contributed by atoms with Crippen LogP contribution in [0.4, 0.5) is 0 Å². The van der Waals surface area contributed by atoms with Crippen molar-refractivity contribution in [2.75, 3.05) is 12.3 Å². The van der Waals surface area contributed by atoms with Crippen LogP contribution in [0.2, 0.25) is 0 Å². The lowest BCUT2D eigenvalue weighted by Crippen LogP contribution is -2.85. The van der Waals surface area contributed by atoms with Crippen molar-refractivity contribution >= 4 is 18.5 Å². The Balaban J connectivity index is 1.45. The van der Waals surface area contributed by atoms with Crippen LogP contribution in [-0.2, 0) is 39.3 Å². The van der Waals surface area contributed by atoms with Crippen LogP contribution in [0.5, 0.6) is 0 Å². The maximum atomic E-state index is 7.14. The molecule has 0 amide bonds. The summed E-state index contributed by atoms with van der Waals surface area (Å²) in [5.41, 5.74) is 1.61. The third-order valence-corrected chi connectivity index (χ3v) is 13.8. The van der Waals surface area contributed by atoms with Crippen molar-refractivity contribution in [3.63, 3.8) is 0 Å². The van der Waals surface area contributed by atoms with Gasteiger partial charge in [0.25, 0.3) is 0 Å². The highest BCUT2D eigenvalue weighted by Gasteiger charge is 2.81.